The molecule has 1 aromatic carbocycles. The highest BCUT2D eigenvalue weighted by Crippen LogP contribution is 2.30. The number of likely N-dealkylation sites (tertiary alicyclic amines) is 1. The second kappa shape index (κ2) is 6.58. The first-order chi connectivity index (χ1) is 10.2. The van der Waals surface area contributed by atoms with Crippen LogP contribution in [0.5, 0.6) is 0 Å². The van der Waals surface area contributed by atoms with Crippen molar-refractivity contribution < 1.29 is 9.90 Å². The van der Waals surface area contributed by atoms with Gasteiger partial charge in [0.2, 0.25) is 0 Å². The molecule has 1 aliphatic heterocycles. The third kappa shape index (κ3) is 4.05. The van der Waals surface area contributed by atoms with Crippen molar-refractivity contribution in [2.24, 2.45) is 0 Å². The van der Waals surface area contributed by atoms with Crippen LogP contribution in [0, 0.1) is 0 Å². The van der Waals surface area contributed by atoms with Gasteiger partial charge in [-0.15, -0.1) is 0 Å². The molecule has 1 atom stereocenters. The molecule has 4 heteroatoms. The molecule has 2 fully saturated rings. The number of carbonyl (C=O) groups is 1. The van der Waals surface area contributed by atoms with Crippen molar-refractivity contribution in [3.8, 4) is 0 Å². The molecule has 114 valence electrons. The number of rotatable bonds is 7. The van der Waals surface area contributed by atoms with Crippen LogP contribution in [0.25, 0.3) is 0 Å². The molecule has 1 heterocycles. The van der Waals surface area contributed by atoms with Crippen molar-refractivity contribution in [2.45, 2.75) is 44.3 Å². The molecule has 1 N–H and O–H groups in total. The summed E-state index contributed by atoms with van der Waals surface area (Å²) in [7, 11) is 0. The molecule has 0 unspecified atom stereocenters. The lowest BCUT2D eigenvalue weighted by molar-refractivity contribution is -0.138. The van der Waals surface area contributed by atoms with Crippen LogP contribution in [-0.2, 0) is 11.3 Å². The molecule has 1 saturated carbocycles. The molecule has 0 radical (unpaired) electrons. The van der Waals surface area contributed by atoms with Gasteiger partial charge < -0.3 is 5.11 Å². The van der Waals surface area contributed by atoms with Crippen LogP contribution in [-0.4, -0.2) is 52.6 Å². The van der Waals surface area contributed by atoms with E-state index < -0.39 is 5.97 Å². The number of carboxylic acid groups (broad SMARTS) is 1. The average Bonchev–Trinajstić information content (AvgIpc) is 3.23. The molecule has 1 aromatic rings. The Morgan fingerprint density at radius 3 is 2.67 bits per heavy atom. The topological polar surface area (TPSA) is 43.8 Å². The fraction of sp³-hybridized carbons (Fsp3) is 0.588. The summed E-state index contributed by atoms with van der Waals surface area (Å²) in [4.78, 5) is 15.7. The summed E-state index contributed by atoms with van der Waals surface area (Å²) in [6, 6.07) is 11.7. The summed E-state index contributed by atoms with van der Waals surface area (Å²) in [6.45, 7) is 3.12. The molecule has 21 heavy (non-hydrogen) atoms. The maximum Gasteiger partial charge on any atom is 0.317 e. The van der Waals surface area contributed by atoms with Crippen molar-refractivity contribution in [3.05, 3.63) is 35.9 Å². The first kappa shape index (κ1) is 14.5. The Hall–Kier alpha value is -1.39. The van der Waals surface area contributed by atoms with E-state index in [1.165, 1.54) is 18.4 Å². The zero-order chi connectivity index (χ0) is 14.7. The summed E-state index contributed by atoms with van der Waals surface area (Å²) < 4.78 is 0. The van der Waals surface area contributed by atoms with Crippen LogP contribution in [0.4, 0.5) is 0 Å². The Bertz CT molecular complexity index is 473. The van der Waals surface area contributed by atoms with E-state index in [9.17, 15) is 4.79 Å². The number of benzene rings is 1. The van der Waals surface area contributed by atoms with E-state index in [2.05, 4.69) is 40.1 Å². The number of hydrogen-bond acceptors (Lipinski definition) is 3. The Labute approximate surface area is 126 Å². The Morgan fingerprint density at radius 1 is 1.24 bits per heavy atom. The van der Waals surface area contributed by atoms with Crippen molar-refractivity contribution >= 4 is 5.97 Å². The Morgan fingerprint density at radius 2 is 2.00 bits per heavy atom. The second-order valence-corrected chi connectivity index (χ2v) is 6.31. The van der Waals surface area contributed by atoms with E-state index in [0.717, 1.165) is 32.5 Å². The molecule has 0 aromatic heterocycles. The summed E-state index contributed by atoms with van der Waals surface area (Å²) >= 11 is 0. The summed E-state index contributed by atoms with van der Waals surface area (Å²) in [5.74, 6) is -0.706. The van der Waals surface area contributed by atoms with Crippen molar-refractivity contribution in [1.29, 1.82) is 0 Å². The van der Waals surface area contributed by atoms with E-state index in [-0.39, 0.29) is 6.54 Å². The minimum atomic E-state index is -0.706. The predicted octanol–water partition coefficient (Wildman–Crippen LogP) is 2.20. The van der Waals surface area contributed by atoms with Crippen LogP contribution in [0.3, 0.4) is 0 Å². The molecular formula is C17H24N2O2. The van der Waals surface area contributed by atoms with Gasteiger partial charge in [-0.1, -0.05) is 30.3 Å². The van der Waals surface area contributed by atoms with Crippen molar-refractivity contribution in [3.63, 3.8) is 0 Å². The van der Waals surface area contributed by atoms with Gasteiger partial charge in [0, 0.05) is 25.2 Å². The Balaban J connectivity index is 1.61. The molecule has 2 aliphatic rings. The molecule has 3 rings (SSSR count). The lowest BCUT2D eigenvalue weighted by Gasteiger charge is -2.30. The van der Waals surface area contributed by atoms with Crippen LogP contribution in [0.15, 0.2) is 30.3 Å². The van der Waals surface area contributed by atoms with Gasteiger partial charge in [0.25, 0.3) is 0 Å². The van der Waals surface area contributed by atoms with Gasteiger partial charge in [-0.2, -0.15) is 0 Å². The zero-order valence-electron chi connectivity index (χ0n) is 12.4. The summed E-state index contributed by atoms with van der Waals surface area (Å²) in [5, 5.41) is 9.03. The SMILES string of the molecule is O=C(O)CN1CCC[C@@H]1CN(Cc1ccccc1)C1CC1. The smallest absolute Gasteiger partial charge is 0.317 e. The van der Waals surface area contributed by atoms with Crippen LogP contribution < -0.4 is 0 Å². The minimum absolute atomic E-state index is 0.189. The average molecular weight is 288 g/mol. The second-order valence-electron chi connectivity index (χ2n) is 6.31. The highest BCUT2D eigenvalue weighted by atomic mass is 16.4. The lowest BCUT2D eigenvalue weighted by atomic mass is 10.1. The number of hydrogen-bond donors (Lipinski definition) is 1. The van der Waals surface area contributed by atoms with Crippen LogP contribution in [0.1, 0.15) is 31.2 Å². The number of aliphatic carboxylic acids is 1. The van der Waals surface area contributed by atoms with Gasteiger partial charge in [0.15, 0.2) is 0 Å². The normalized spacial score (nSPS) is 22.8. The van der Waals surface area contributed by atoms with Gasteiger partial charge in [-0.3, -0.25) is 14.6 Å². The molecule has 0 spiro atoms. The molecule has 1 saturated heterocycles. The van der Waals surface area contributed by atoms with E-state index in [1.807, 2.05) is 0 Å². The van der Waals surface area contributed by atoms with Crippen molar-refractivity contribution in [1.82, 2.24) is 9.80 Å². The van der Waals surface area contributed by atoms with Gasteiger partial charge in [-0.05, 0) is 37.8 Å². The fourth-order valence-corrected chi connectivity index (χ4v) is 3.35. The number of carboxylic acids is 1. The monoisotopic (exact) mass is 288 g/mol. The van der Waals surface area contributed by atoms with Gasteiger partial charge in [0.05, 0.1) is 6.54 Å². The quantitative estimate of drug-likeness (QED) is 0.835. The summed E-state index contributed by atoms with van der Waals surface area (Å²) in [5.41, 5.74) is 1.35. The first-order valence-corrected chi connectivity index (χ1v) is 7.96. The third-order valence-electron chi connectivity index (χ3n) is 4.57. The molecule has 0 amide bonds. The third-order valence-corrected chi connectivity index (χ3v) is 4.57. The van der Waals surface area contributed by atoms with Crippen LogP contribution >= 0.6 is 0 Å². The van der Waals surface area contributed by atoms with Gasteiger partial charge in [-0.25, -0.2) is 0 Å². The van der Waals surface area contributed by atoms with Crippen LogP contribution in [0.2, 0.25) is 0 Å². The van der Waals surface area contributed by atoms with E-state index in [0.29, 0.717) is 12.1 Å². The zero-order valence-corrected chi connectivity index (χ0v) is 12.4. The minimum Gasteiger partial charge on any atom is -0.480 e. The van der Waals surface area contributed by atoms with Crippen molar-refractivity contribution in [2.75, 3.05) is 19.6 Å². The van der Waals surface area contributed by atoms with Gasteiger partial charge in [0.1, 0.15) is 0 Å². The Kier molecular flexibility index (Phi) is 4.56. The number of nitrogens with zero attached hydrogens (tertiary/aromatic N) is 2. The largest absolute Gasteiger partial charge is 0.480 e. The van der Waals surface area contributed by atoms with E-state index in [4.69, 9.17) is 5.11 Å². The molecule has 0 bridgehead atoms. The van der Waals surface area contributed by atoms with E-state index >= 15 is 0 Å². The lowest BCUT2D eigenvalue weighted by Crippen LogP contribution is -2.43. The standard InChI is InChI=1S/C17H24N2O2/c20-17(21)13-18-10-4-7-16(18)12-19(15-8-9-15)11-14-5-2-1-3-6-14/h1-3,5-6,15-16H,4,7-13H2,(H,20,21)/t16-/m1/s1. The predicted molar refractivity (Wildman–Crippen MR) is 82.1 cm³/mol. The molecule has 4 nitrogen and oxygen atoms in total. The maximum atomic E-state index is 11.0. The van der Waals surface area contributed by atoms with E-state index in [1.54, 1.807) is 0 Å². The first-order valence-electron chi connectivity index (χ1n) is 7.96. The molecule has 1 aliphatic carbocycles. The summed E-state index contributed by atoms with van der Waals surface area (Å²) in [6.07, 6.45) is 4.84. The highest BCUT2D eigenvalue weighted by Gasteiger charge is 2.34. The maximum absolute atomic E-state index is 11.0. The molecular weight excluding hydrogens is 264 g/mol. The highest BCUT2D eigenvalue weighted by molar-refractivity contribution is 5.69. The fourth-order valence-electron chi connectivity index (χ4n) is 3.35. The van der Waals surface area contributed by atoms with Gasteiger partial charge >= 0.3 is 5.97 Å².